The van der Waals surface area contributed by atoms with Gasteiger partial charge in [-0.3, -0.25) is 0 Å². The van der Waals surface area contributed by atoms with Crippen molar-refractivity contribution in [3.63, 3.8) is 0 Å². The first-order chi connectivity index (χ1) is 8.59. The smallest absolute Gasteiger partial charge is 0.119 e. The van der Waals surface area contributed by atoms with E-state index >= 15 is 0 Å². The third-order valence-corrected chi connectivity index (χ3v) is 5.82. The van der Waals surface area contributed by atoms with Gasteiger partial charge in [0.05, 0.1) is 15.4 Å². The van der Waals surface area contributed by atoms with Crippen LogP contribution in [0.2, 0.25) is 32.2 Å². The second kappa shape index (κ2) is 8.54. The third kappa shape index (κ3) is 6.40. The van der Waals surface area contributed by atoms with E-state index in [1.54, 1.807) is 0 Å². The van der Waals surface area contributed by atoms with Gasteiger partial charge >= 0.3 is 0 Å². The summed E-state index contributed by atoms with van der Waals surface area (Å²) in [6.45, 7) is 10.3. The fraction of sp³-hybridized carbons (Fsp3) is 0.600. The van der Waals surface area contributed by atoms with Crippen molar-refractivity contribution < 1.29 is 4.74 Å². The minimum absolute atomic E-state index is 0.0258. The highest BCUT2D eigenvalue weighted by atomic mass is 28.3. The number of rotatable bonds is 8. The van der Waals surface area contributed by atoms with Gasteiger partial charge < -0.3 is 4.74 Å². The fourth-order valence-electron chi connectivity index (χ4n) is 1.84. The van der Waals surface area contributed by atoms with Crippen molar-refractivity contribution in [2.45, 2.75) is 51.5 Å². The van der Waals surface area contributed by atoms with Gasteiger partial charge in [-0.25, -0.2) is 0 Å². The van der Waals surface area contributed by atoms with Gasteiger partial charge in [0, 0.05) is 8.80 Å². The zero-order valence-corrected chi connectivity index (χ0v) is 14.3. The topological polar surface area (TPSA) is 9.23 Å². The van der Waals surface area contributed by atoms with Gasteiger partial charge in [0.25, 0.3) is 0 Å². The van der Waals surface area contributed by atoms with Crippen molar-refractivity contribution in [1.29, 1.82) is 0 Å². The molecule has 0 spiro atoms. The van der Waals surface area contributed by atoms with E-state index in [1.807, 2.05) is 0 Å². The maximum Gasteiger partial charge on any atom is 0.119 e. The molecule has 1 rings (SSSR count). The SMILES string of the molecule is C[Si](C)CCCCCOc1cccc([Si](C)C)c1. The van der Waals surface area contributed by atoms with Crippen molar-refractivity contribution in [2.24, 2.45) is 0 Å². The van der Waals surface area contributed by atoms with Crippen LogP contribution >= 0.6 is 0 Å². The molecule has 100 valence electrons. The Balaban J connectivity index is 2.21. The van der Waals surface area contributed by atoms with Crippen LogP contribution in [0.3, 0.4) is 0 Å². The van der Waals surface area contributed by atoms with E-state index in [9.17, 15) is 0 Å². The molecule has 0 saturated carbocycles. The highest BCUT2D eigenvalue weighted by Crippen LogP contribution is 2.10. The number of hydrogen-bond acceptors (Lipinski definition) is 1. The molecule has 18 heavy (non-hydrogen) atoms. The lowest BCUT2D eigenvalue weighted by Gasteiger charge is -2.09. The molecule has 2 radical (unpaired) electrons. The molecule has 0 heterocycles. The molecule has 0 aromatic heterocycles. The molecule has 0 saturated heterocycles. The van der Waals surface area contributed by atoms with Crippen LogP contribution in [0.15, 0.2) is 24.3 Å². The van der Waals surface area contributed by atoms with E-state index < -0.39 is 0 Å². The van der Waals surface area contributed by atoms with Crippen LogP contribution in [0, 0.1) is 0 Å². The number of unbranched alkanes of at least 4 members (excludes halogenated alkanes) is 2. The Bertz CT molecular complexity index is 337. The van der Waals surface area contributed by atoms with Crippen LogP contribution in [0.4, 0.5) is 0 Å². The minimum Gasteiger partial charge on any atom is -0.494 e. The van der Waals surface area contributed by atoms with E-state index in [0.717, 1.165) is 12.4 Å². The van der Waals surface area contributed by atoms with Crippen LogP contribution in [0.5, 0.6) is 5.75 Å². The van der Waals surface area contributed by atoms with Crippen molar-refractivity contribution in [3.05, 3.63) is 24.3 Å². The average Bonchev–Trinajstić information content (AvgIpc) is 2.33. The fourth-order valence-corrected chi connectivity index (χ4v) is 3.66. The lowest BCUT2D eigenvalue weighted by Crippen LogP contribution is -2.22. The first-order valence-electron chi connectivity index (χ1n) is 6.92. The van der Waals surface area contributed by atoms with Crippen LogP contribution in [-0.4, -0.2) is 24.2 Å². The second-order valence-electron chi connectivity index (χ2n) is 5.39. The largest absolute Gasteiger partial charge is 0.494 e. The lowest BCUT2D eigenvalue weighted by atomic mass is 10.2. The third-order valence-electron chi connectivity index (χ3n) is 3.00. The molecule has 0 amide bonds. The zero-order valence-electron chi connectivity index (χ0n) is 12.3. The lowest BCUT2D eigenvalue weighted by molar-refractivity contribution is 0.306. The molecule has 1 aromatic rings. The molecule has 0 aliphatic rings. The molecule has 1 aromatic carbocycles. The minimum atomic E-state index is -0.359. The maximum atomic E-state index is 5.83. The second-order valence-corrected chi connectivity index (χ2v) is 10.9. The summed E-state index contributed by atoms with van der Waals surface area (Å²) in [6, 6.07) is 10.1. The predicted octanol–water partition coefficient (Wildman–Crippen LogP) is 3.95. The van der Waals surface area contributed by atoms with E-state index in [4.69, 9.17) is 4.74 Å². The Hall–Kier alpha value is -0.546. The molecule has 0 bridgehead atoms. The Morgan fingerprint density at radius 1 is 1.00 bits per heavy atom. The Morgan fingerprint density at radius 2 is 1.78 bits per heavy atom. The molecule has 1 nitrogen and oxygen atoms in total. The molecule has 0 fully saturated rings. The predicted molar refractivity (Wildman–Crippen MR) is 85.2 cm³/mol. The van der Waals surface area contributed by atoms with Crippen molar-refractivity contribution >= 4 is 22.8 Å². The maximum absolute atomic E-state index is 5.83. The quantitative estimate of drug-likeness (QED) is 0.517. The Kier molecular flexibility index (Phi) is 7.36. The van der Waals surface area contributed by atoms with Crippen molar-refractivity contribution in [3.8, 4) is 5.75 Å². The summed E-state index contributed by atoms with van der Waals surface area (Å²) in [5.41, 5.74) is 0. The van der Waals surface area contributed by atoms with Gasteiger partial charge in [-0.15, -0.1) is 0 Å². The number of benzene rings is 1. The summed E-state index contributed by atoms with van der Waals surface area (Å²) in [6.07, 6.45) is 3.88. The summed E-state index contributed by atoms with van der Waals surface area (Å²) in [5, 5.41) is 1.46. The number of hydrogen-bond donors (Lipinski definition) is 0. The van der Waals surface area contributed by atoms with Gasteiger partial charge in [0.2, 0.25) is 0 Å². The Morgan fingerprint density at radius 3 is 2.44 bits per heavy atom. The average molecular weight is 279 g/mol. The molecule has 3 heteroatoms. The Labute approximate surface area is 116 Å². The summed E-state index contributed by atoms with van der Waals surface area (Å²) >= 11 is 0. The van der Waals surface area contributed by atoms with Gasteiger partial charge in [-0.05, 0) is 18.6 Å². The molecule has 0 aliphatic heterocycles. The summed E-state index contributed by atoms with van der Waals surface area (Å²) < 4.78 is 5.83. The van der Waals surface area contributed by atoms with E-state index in [-0.39, 0.29) is 17.6 Å². The van der Waals surface area contributed by atoms with Crippen molar-refractivity contribution in [2.75, 3.05) is 6.61 Å². The van der Waals surface area contributed by atoms with Gasteiger partial charge in [0.15, 0.2) is 0 Å². The molecule has 0 atom stereocenters. The normalized spacial score (nSPS) is 11.2. The van der Waals surface area contributed by atoms with Crippen LogP contribution in [0.1, 0.15) is 19.3 Å². The van der Waals surface area contributed by atoms with Crippen LogP contribution in [0.25, 0.3) is 0 Å². The van der Waals surface area contributed by atoms with Crippen LogP contribution < -0.4 is 9.92 Å². The molecular weight excluding hydrogens is 252 g/mol. The highest BCUT2D eigenvalue weighted by molar-refractivity contribution is 6.70. The van der Waals surface area contributed by atoms with Gasteiger partial charge in [-0.1, -0.05) is 62.4 Å². The zero-order chi connectivity index (χ0) is 13.4. The summed E-state index contributed by atoms with van der Waals surface area (Å²) in [5.74, 6) is 1.05. The van der Waals surface area contributed by atoms with E-state index in [1.165, 1.54) is 30.5 Å². The molecule has 0 N–H and O–H groups in total. The monoisotopic (exact) mass is 278 g/mol. The van der Waals surface area contributed by atoms with Gasteiger partial charge in [-0.2, -0.15) is 0 Å². The summed E-state index contributed by atoms with van der Waals surface area (Å²) in [4.78, 5) is 0. The first-order valence-corrected chi connectivity index (χ1v) is 12.1. The molecular formula is C15H26OSi2. The van der Waals surface area contributed by atoms with Crippen LogP contribution in [-0.2, 0) is 0 Å². The standard InChI is InChI=1S/C15H26OSi2/c1-17(2)12-7-5-6-11-16-14-9-8-10-15(13-14)18(3)4/h8-10,13H,5-7,11-12H2,1-4H3. The molecule has 0 aliphatic carbocycles. The van der Waals surface area contributed by atoms with Crippen molar-refractivity contribution in [1.82, 2.24) is 0 Å². The molecule has 0 unspecified atom stereocenters. The first kappa shape index (κ1) is 15.5. The number of ether oxygens (including phenoxy) is 1. The van der Waals surface area contributed by atoms with E-state index in [2.05, 4.69) is 50.5 Å². The van der Waals surface area contributed by atoms with Gasteiger partial charge in [0.1, 0.15) is 5.75 Å². The van der Waals surface area contributed by atoms with E-state index in [0.29, 0.717) is 0 Å². The highest BCUT2D eigenvalue weighted by Gasteiger charge is 2.02. The summed E-state index contributed by atoms with van der Waals surface area (Å²) in [7, 11) is -0.384.